The van der Waals surface area contributed by atoms with E-state index in [4.69, 9.17) is 0 Å². The van der Waals surface area contributed by atoms with Crippen LogP contribution in [0.1, 0.15) is 28.7 Å². The Hall–Kier alpha value is -1.98. The normalized spacial score (nSPS) is 15.8. The average Bonchev–Trinajstić information content (AvgIpc) is 2.47. The molecule has 3 rings (SSSR count). The van der Waals surface area contributed by atoms with E-state index in [1.54, 1.807) is 0 Å². The maximum atomic E-state index is 12.0. The van der Waals surface area contributed by atoms with Crippen LogP contribution in [-0.4, -0.2) is 21.6 Å². The van der Waals surface area contributed by atoms with Crippen LogP contribution in [0.4, 0.5) is 0 Å². The molecule has 1 aromatic carbocycles. The average molecular weight is 257 g/mol. The molecule has 0 saturated heterocycles. The van der Waals surface area contributed by atoms with Crippen molar-refractivity contribution < 1.29 is 5.11 Å². The van der Waals surface area contributed by atoms with Gasteiger partial charge >= 0.3 is 0 Å². The van der Waals surface area contributed by atoms with E-state index in [-0.39, 0.29) is 5.56 Å². The zero-order valence-electron chi connectivity index (χ0n) is 10.4. The lowest BCUT2D eigenvalue weighted by Gasteiger charge is -2.17. The van der Waals surface area contributed by atoms with Crippen molar-refractivity contribution in [3.63, 3.8) is 0 Å². The Morgan fingerprint density at radius 1 is 1.26 bits per heavy atom. The first kappa shape index (κ1) is 12.1. The van der Waals surface area contributed by atoms with E-state index >= 15 is 0 Å². The highest BCUT2D eigenvalue weighted by Gasteiger charge is 2.19. The fourth-order valence-electron chi connectivity index (χ4n) is 2.31. The van der Waals surface area contributed by atoms with Crippen LogP contribution in [-0.2, 0) is 13.0 Å². The lowest BCUT2D eigenvalue weighted by molar-refractivity contribution is 0.208. The Morgan fingerprint density at radius 3 is 2.84 bits per heavy atom. The molecule has 2 heterocycles. The summed E-state index contributed by atoms with van der Waals surface area (Å²) in [4.78, 5) is 19.1. The van der Waals surface area contributed by atoms with Crippen molar-refractivity contribution in [3.05, 3.63) is 63.3 Å². The van der Waals surface area contributed by atoms with Crippen molar-refractivity contribution in [1.82, 2.24) is 15.3 Å². The summed E-state index contributed by atoms with van der Waals surface area (Å²) in [5.41, 5.74) is 2.04. The van der Waals surface area contributed by atoms with Gasteiger partial charge in [0.25, 0.3) is 5.56 Å². The van der Waals surface area contributed by atoms with Crippen molar-refractivity contribution in [2.45, 2.75) is 19.1 Å². The molecule has 0 fully saturated rings. The SMILES string of the molecule is O=c1[nH]c([C@H](O)c2ccccc2)nc2c1CCNC2. The highest BCUT2D eigenvalue weighted by atomic mass is 16.3. The molecule has 5 heteroatoms. The number of benzene rings is 1. The largest absolute Gasteiger partial charge is 0.380 e. The van der Waals surface area contributed by atoms with E-state index in [2.05, 4.69) is 15.3 Å². The maximum Gasteiger partial charge on any atom is 0.254 e. The van der Waals surface area contributed by atoms with Crippen LogP contribution in [0.5, 0.6) is 0 Å². The minimum absolute atomic E-state index is 0.142. The number of nitrogens with zero attached hydrogens (tertiary/aromatic N) is 1. The van der Waals surface area contributed by atoms with Crippen LogP contribution in [0.3, 0.4) is 0 Å². The number of aliphatic hydroxyl groups is 1. The summed E-state index contributed by atoms with van der Waals surface area (Å²) < 4.78 is 0. The van der Waals surface area contributed by atoms with Crippen LogP contribution in [0.25, 0.3) is 0 Å². The smallest absolute Gasteiger partial charge is 0.254 e. The Kier molecular flexibility index (Phi) is 3.15. The highest BCUT2D eigenvalue weighted by molar-refractivity contribution is 5.26. The van der Waals surface area contributed by atoms with E-state index in [9.17, 15) is 9.90 Å². The minimum Gasteiger partial charge on any atom is -0.380 e. The van der Waals surface area contributed by atoms with Crippen LogP contribution < -0.4 is 10.9 Å². The second-order valence-corrected chi connectivity index (χ2v) is 4.62. The Bertz CT molecular complexity index is 637. The van der Waals surface area contributed by atoms with Crippen molar-refractivity contribution in [1.29, 1.82) is 0 Å². The van der Waals surface area contributed by atoms with E-state index in [1.165, 1.54) is 0 Å². The van der Waals surface area contributed by atoms with Crippen molar-refractivity contribution in [2.24, 2.45) is 0 Å². The molecule has 0 saturated carbocycles. The predicted molar refractivity (Wildman–Crippen MR) is 70.8 cm³/mol. The molecule has 1 aliphatic heterocycles. The van der Waals surface area contributed by atoms with Crippen molar-refractivity contribution in [3.8, 4) is 0 Å². The van der Waals surface area contributed by atoms with E-state index < -0.39 is 6.10 Å². The number of nitrogens with one attached hydrogen (secondary N) is 2. The number of hydrogen-bond acceptors (Lipinski definition) is 4. The summed E-state index contributed by atoms with van der Waals surface area (Å²) in [6.07, 6.45) is -0.222. The summed E-state index contributed by atoms with van der Waals surface area (Å²) in [5.74, 6) is 0.304. The van der Waals surface area contributed by atoms with Crippen molar-refractivity contribution >= 4 is 0 Å². The zero-order chi connectivity index (χ0) is 13.2. The summed E-state index contributed by atoms with van der Waals surface area (Å²) in [6.45, 7) is 1.37. The molecule has 1 aliphatic rings. The molecule has 0 spiro atoms. The van der Waals surface area contributed by atoms with Gasteiger partial charge in [0.1, 0.15) is 11.9 Å². The summed E-state index contributed by atoms with van der Waals surface area (Å²) in [5, 5.41) is 13.4. The third kappa shape index (κ3) is 2.30. The van der Waals surface area contributed by atoms with Crippen LogP contribution in [0, 0.1) is 0 Å². The van der Waals surface area contributed by atoms with Crippen molar-refractivity contribution in [2.75, 3.05) is 6.54 Å². The lowest BCUT2D eigenvalue weighted by atomic mass is 10.1. The third-order valence-corrected chi connectivity index (χ3v) is 3.34. The molecule has 5 nitrogen and oxygen atoms in total. The van der Waals surface area contributed by atoms with E-state index in [0.29, 0.717) is 18.8 Å². The van der Waals surface area contributed by atoms with Gasteiger partial charge in [0, 0.05) is 12.1 Å². The fraction of sp³-hybridized carbons (Fsp3) is 0.286. The van der Waals surface area contributed by atoms with Gasteiger partial charge in [0.2, 0.25) is 0 Å². The molecule has 98 valence electrons. The zero-order valence-corrected chi connectivity index (χ0v) is 10.4. The molecule has 1 atom stereocenters. The quantitative estimate of drug-likeness (QED) is 0.732. The molecule has 3 N–H and O–H groups in total. The summed E-state index contributed by atoms with van der Waals surface area (Å²) in [7, 11) is 0. The molecule has 0 amide bonds. The molecule has 2 aromatic rings. The summed E-state index contributed by atoms with van der Waals surface area (Å²) in [6, 6.07) is 9.18. The monoisotopic (exact) mass is 257 g/mol. The maximum absolute atomic E-state index is 12.0. The standard InChI is InChI=1S/C14H15N3O2/c18-12(9-4-2-1-3-5-9)13-16-11-8-15-7-6-10(11)14(19)17-13/h1-5,12,15,18H,6-8H2,(H,16,17,19)/t12-/m1/s1. The number of aromatic amines is 1. The van der Waals surface area contributed by atoms with Crippen LogP contribution in [0.2, 0.25) is 0 Å². The topological polar surface area (TPSA) is 78.0 Å². The second kappa shape index (κ2) is 4.95. The number of aromatic nitrogens is 2. The first-order valence-electron chi connectivity index (χ1n) is 6.31. The second-order valence-electron chi connectivity index (χ2n) is 4.62. The van der Waals surface area contributed by atoms with Gasteiger partial charge in [-0.15, -0.1) is 0 Å². The van der Waals surface area contributed by atoms with Gasteiger partial charge in [-0.05, 0) is 18.5 Å². The van der Waals surface area contributed by atoms with Gasteiger partial charge in [0.15, 0.2) is 0 Å². The molecule has 0 unspecified atom stereocenters. The molecule has 0 radical (unpaired) electrons. The first-order chi connectivity index (χ1) is 9.25. The third-order valence-electron chi connectivity index (χ3n) is 3.34. The van der Waals surface area contributed by atoms with Gasteiger partial charge in [-0.2, -0.15) is 0 Å². The number of fused-ring (bicyclic) bond motifs is 1. The molecule has 0 aliphatic carbocycles. The van der Waals surface area contributed by atoms with E-state index in [1.807, 2.05) is 30.3 Å². The van der Waals surface area contributed by atoms with Gasteiger partial charge in [-0.25, -0.2) is 4.98 Å². The predicted octanol–water partition coefficient (Wildman–Crippen LogP) is 0.497. The van der Waals surface area contributed by atoms with Gasteiger partial charge in [-0.3, -0.25) is 4.79 Å². The van der Waals surface area contributed by atoms with Crippen LogP contribution in [0.15, 0.2) is 35.1 Å². The fourth-order valence-corrected chi connectivity index (χ4v) is 2.31. The highest BCUT2D eigenvalue weighted by Crippen LogP contribution is 2.18. The molecule has 19 heavy (non-hydrogen) atoms. The Balaban J connectivity index is 2.02. The molecule has 0 bridgehead atoms. The lowest BCUT2D eigenvalue weighted by Crippen LogP contribution is -2.32. The Labute approximate surface area is 110 Å². The van der Waals surface area contributed by atoms with Crippen LogP contribution >= 0.6 is 0 Å². The number of aliphatic hydroxyl groups excluding tert-OH is 1. The molecular weight excluding hydrogens is 242 g/mol. The minimum atomic E-state index is -0.902. The van der Waals surface area contributed by atoms with E-state index in [0.717, 1.165) is 23.4 Å². The Morgan fingerprint density at radius 2 is 2.05 bits per heavy atom. The van der Waals surface area contributed by atoms with Gasteiger partial charge in [0.05, 0.1) is 5.69 Å². The first-order valence-corrected chi connectivity index (χ1v) is 6.31. The van der Waals surface area contributed by atoms with Gasteiger partial charge in [-0.1, -0.05) is 30.3 Å². The summed E-state index contributed by atoms with van der Waals surface area (Å²) >= 11 is 0. The number of hydrogen-bond donors (Lipinski definition) is 3. The number of H-pyrrole nitrogens is 1. The number of rotatable bonds is 2. The van der Waals surface area contributed by atoms with Gasteiger partial charge < -0.3 is 15.4 Å². The molecular formula is C14H15N3O2. The molecule has 1 aromatic heterocycles.